The molecule has 0 aromatic carbocycles. The Hall–Kier alpha value is -1.31. The normalized spacial score (nSPS) is 15.1. The highest BCUT2D eigenvalue weighted by Gasteiger charge is 2.26. The minimum atomic E-state index is -4.32. The maximum atomic E-state index is 11.8. The first kappa shape index (κ1) is 15.7. The summed E-state index contributed by atoms with van der Waals surface area (Å²) in [7, 11) is 0. The van der Waals surface area contributed by atoms with E-state index in [2.05, 4.69) is 10.6 Å². The van der Waals surface area contributed by atoms with Gasteiger partial charge in [-0.05, 0) is 19.3 Å². The zero-order valence-corrected chi connectivity index (χ0v) is 10.5. The molecule has 110 valence electrons. The van der Waals surface area contributed by atoms with E-state index in [1.165, 1.54) is 0 Å². The molecule has 0 aliphatic heterocycles. The molecule has 0 aromatic rings. The lowest BCUT2D eigenvalue weighted by Crippen LogP contribution is -2.38. The van der Waals surface area contributed by atoms with Crippen LogP contribution in [0.25, 0.3) is 0 Å². The molecule has 19 heavy (non-hydrogen) atoms. The molecule has 5 nitrogen and oxygen atoms in total. The van der Waals surface area contributed by atoms with Crippen molar-refractivity contribution >= 4 is 11.8 Å². The SMILES string of the molecule is O=C(CNCC(F)(F)F)NCCCC(=O)NC1CC1. The van der Waals surface area contributed by atoms with Crippen LogP contribution in [-0.4, -0.2) is 43.7 Å². The van der Waals surface area contributed by atoms with Crippen molar-refractivity contribution in [1.29, 1.82) is 0 Å². The quantitative estimate of drug-likeness (QED) is 0.561. The second-order valence-corrected chi connectivity index (χ2v) is 4.51. The Kier molecular flexibility index (Phi) is 6.07. The minimum Gasteiger partial charge on any atom is -0.355 e. The molecule has 1 aliphatic carbocycles. The fourth-order valence-corrected chi connectivity index (χ4v) is 1.38. The van der Waals surface area contributed by atoms with E-state index in [1.807, 2.05) is 5.32 Å². The molecule has 8 heteroatoms. The van der Waals surface area contributed by atoms with E-state index in [0.29, 0.717) is 18.9 Å². The van der Waals surface area contributed by atoms with E-state index in [-0.39, 0.29) is 19.0 Å². The second-order valence-electron chi connectivity index (χ2n) is 4.51. The predicted molar refractivity (Wildman–Crippen MR) is 62.3 cm³/mol. The van der Waals surface area contributed by atoms with Gasteiger partial charge in [-0.15, -0.1) is 0 Å². The molecular formula is C11H18F3N3O2. The van der Waals surface area contributed by atoms with Gasteiger partial charge in [0.2, 0.25) is 11.8 Å². The van der Waals surface area contributed by atoms with Crippen LogP contribution in [0.4, 0.5) is 13.2 Å². The predicted octanol–water partition coefficient (Wildman–Crippen LogP) is 0.313. The van der Waals surface area contributed by atoms with Crippen molar-refractivity contribution in [2.75, 3.05) is 19.6 Å². The molecule has 0 saturated heterocycles. The van der Waals surface area contributed by atoms with Crippen LogP contribution in [-0.2, 0) is 9.59 Å². The third kappa shape index (κ3) is 9.29. The summed E-state index contributed by atoms with van der Waals surface area (Å²) in [6.07, 6.45) is -1.49. The number of alkyl halides is 3. The molecule has 0 spiro atoms. The standard InChI is InChI=1S/C11H18F3N3O2/c12-11(13,14)7-15-6-10(19)16-5-1-2-9(18)17-8-3-4-8/h8,15H,1-7H2,(H,16,19)(H,17,18). The average Bonchev–Trinajstić information content (AvgIpc) is 3.06. The van der Waals surface area contributed by atoms with Gasteiger partial charge in [-0.25, -0.2) is 0 Å². The third-order valence-electron chi connectivity index (χ3n) is 2.46. The molecule has 0 radical (unpaired) electrons. The Balaban J connectivity index is 1.93. The Morgan fingerprint density at radius 2 is 1.84 bits per heavy atom. The fourth-order valence-electron chi connectivity index (χ4n) is 1.38. The number of amides is 2. The van der Waals surface area contributed by atoms with E-state index in [1.54, 1.807) is 0 Å². The first-order valence-corrected chi connectivity index (χ1v) is 6.20. The maximum Gasteiger partial charge on any atom is 0.401 e. The van der Waals surface area contributed by atoms with Crippen molar-refractivity contribution in [3.63, 3.8) is 0 Å². The van der Waals surface area contributed by atoms with Crippen LogP contribution in [0.15, 0.2) is 0 Å². The topological polar surface area (TPSA) is 70.2 Å². The number of carbonyl (C=O) groups is 2. The highest BCUT2D eigenvalue weighted by atomic mass is 19.4. The van der Waals surface area contributed by atoms with Crippen LogP contribution in [0, 0.1) is 0 Å². The highest BCUT2D eigenvalue weighted by molar-refractivity contribution is 5.78. The smallest absolute Gasteiger partial charge is 0.355 e. The Bertz CT molecular complexity index is 317. The summed E-state index contributed by atoms with van der Waals surface area (Å²) in [6, 6.07) is 0.314. The monoisotopic (exact) mass is 281 g/mol. The van der Waals surface area contributed by atoms with Crippen LogP contribution in [0.3, 0.4) is 0 Å². The van der Waals surface area contributed by atoms with E-state index in [4.69, 9.17) is 0 Å². The highest BCUT2D eigenvalue weighted by Crippen LogP contribution is 2.18. The zero-order valence-electron chi connectivity index (χ0n) is 10.5. The molecule has 3 N–H and O–H groups in total. The summed E-state index contributed by atoms with van der Waals surface area (Å²) in [6.45, 7) is -1.29. The van der Waals surface area contributed by atoms with Gasteiger partial charge < -0.3 is 16.0 Å². The van der Waals surface area contributed by atoms with Gasteiger partial charge in [0.05, 0.1) is 13.1 Å². The molecule has 0 aromatic heterocycles. The van der Waals surface area contributed by atoms with Crippen LogP contribution >= 0.6 is 0 Å². The Morgan fingerprint density at radius 1 is 1.16 bits per heavy atom. The molecule has 0 unspecified atom stereocenters. The van der Waals surface area contributed by atoms with Crippen LogP contribution in [0.1, 0.15) is 25.7 Å². The zero-order chi connectivity index (χ0) is 14.3. The van der Waals surface area contributed by atoms with Gasteiger partial charge in [0.15, 0.2) is 0 Å². The van der Waals surface area contributed by atoms with Crippen molar-refractivity contribution in [3.8, 4) is 0 Å². The van der Waals surface area contributed by atoms with Crippen molar-refractivity contribution in [3.05, 3.63) is 0 Å². The lowest BCUT2D eigenvalue weighted by molar-refractivity contribution is -0.128. The van der Waals surface area contributed by atoms with Crippen LogP contribution in [0.5, 0.6) is 0 Å². The number of rotatable bonds is 8. The summed E-state index contributed by atoms with van der Waals surface area (Å²) in [4.78, 5) is 22.4. The fraction of sp³-hybridized carbons (Fsp3) is 0.818. The number of hydrogen-bond acceptors (Lipinski definition) is 3. The van der Waals surface area contributed by atoms with Gasteiger partial charge in [0, 0.05) is 19.0 Å². The van der Waals surface area contributed by atoms with Crippen LogP contribution < -0.4 is 16.0 Å². The van der Waals surface area contributed by atoms with Crippen molar-refractivity contribution in [2.24, 2.45) is 0 Å². The molecule has 0 heterocycles. The van der Waals surface area contributed by atoms with Crippen molar-refractivity contribution < 1.29 is 22.8 Å². The van der Waals surface area contributed by atoms with Gasteiger partial charge in [-0.3, -0.25) is 9.59 Å². The molecule has 1 aliphatic rings. The Morgan fingerprint density at radius 3 is 2.42 bits per heavy atom. The maximum absolute atomic E-state index is 11.8. The van der Waals surface area contributed by atoms with Gasteiger partial charge in [-0.1, -0.05) is 0 Å². The number of halogens is 3. The third-order valence-corrected chi connectivity index (χ3v) is 2.46. The average molecular weight is 281 g/mol. The molecule has 0 atom stereocenters. The molecule has 0 bridgehead atoms. The second kappa shape index (κ2) is 7.32. The first-order valence-electron chi connectivity index (χ1n) is 6.20. The van der Waals surface area contributed by atoms with Crippen molar-refractivity contribution in [2.45, 2.75) is 37.9 Å². The number of carbonyl (C=O) groups excluding carboxylic acids is 2. The molecule has 1 rings (SSSR count). The summed E-state index contributed by atoms with van der Waals surface area (Å²) in [5.41, 5.74) is 0. The molecule has 2 amide bonds. The number of hydrogen-bond donors (Lipinski definition) is 3. The van der Waals surface area contributed by atoms with E-state index in [0.717, 1.165) is 12.8 Å². The van der Waals surface area contributed by atoms with E-state index < -0.39 is 18.6 Å². The lowest BCUT2D eigenvalue weighted by atomic mass is 10.3. The van der Waals surface area contributed by atoms with E-state index in [9.17, 15) is 22.8 Å². The van der Waals surface area contributed by atoms with Crippen LogP contribution in [0.2, 0.25) is 0 Å². The summed E-state index contributed by atoms with van der Waals surface area (Å²) in [5.74, 6) is -0.557. The minimum absolute atomic E-state index is 0.0491. The van der Waals surface area contributed by atoms with Gasteiger partial charge >= 0.3 is 6.18 Å². The van der Waals surface area contributed by atoms with Crippen molar-refractivity contribution in [1.82, 2.24) is 16.0 Å². The summed E-state index contributed by atoms with van der Waals surface area (Å²) in [5, 5.41) is 7.24. The van der Waals surface area contributed by atoms with Gasteiger partial charge in [0.1, 0.15) is 0 Å². The van der Waals surface area contributed by atoms with E-state index >= 15 is 0 Å². The first-order chi connectivity index (χ1) is 8.87. The molecule has 1 fully saturated rings. The molecular weight excluding hydrogens is 263 g/mol. The lowest BCUT2D eigenvalue weighted by Gasteiger charge is -2.08. The molecule has 1 saturated carbocycles. The Labute approximate surface area is 109 Å². The summed E-state index contributed by atoms with van der Waals surface area (Å²) >= 11 is 0. The number of nitrogens with one attached hydrogen (secondary N) is 3. The summed E-state index contributed by atoms with van der Waals surface area (Å²) < 4.78 is 35.3. The van der Waals surface area contributed by atoms with Gasteiger partial charge in [0.25, 0.3) is 0 Å². The van der Waals surface area contributed by atoms with Gasteiger partial charge in [-0.2, -0.15) is 13.2 Å². The largest absolute Gasteiger partial charge is 0.401 e.